The Balaban J connectivity index is 1.85. The molecule has 1 atom stereocenters. The van der Waals surface area contributed by atoms with Crippen LogP contribution < -0.4 is 9.62 Å². The van der Waals surface area contributed by atoms with Gasteiger partial charge in [0, 0.05) is 65.2 Å². The molecular weight excluding hydrogens is 457 g/mol. The van der Waals surface area contributed by atoms with Crippen LogP contribution in [0.2, 0.25) is 0 Å². The molecule has 0 aliphatic carbocycles. The van der Waals surface area contributed by atoms with Crippen molar-refractivity contribution >= 4 is 58.9 Å². The third-order valence-corrected chi connectivity index (χ3v) is 9.34. The van der Waals surface area contributed by atoms with E-state index in [0.717, 1.165) is 40.8 Å². The first-order valence-electron chi connectivity index (χ1n) is 9.83. The number of fused-ring (bicyclic) bond motifs is 1. The molecule has 0 aliphatic heterocycles. The summed E-state index contributed by atoms with van der Waals surface area (Å²) in [7, 11) is 2.81. The van der Waals surface area contributed by atoms with E-state index in [2.05, 4.69) is 4.72 Å². The van der Waals surface area contributed by atoms with Crippen molar-refractivity contribution in [2.24, 2.45) is 0 Å². The zero-order valence-corrected chi connectivity index (χ0v) is 20.9. The molecule has 0 radical (unpaired) electrons. The second-order valence-electron chi connectivity index (χ2n) is 6.87. The summed E-state index contributed by atoms with van der Waals surface area (Å²) in [5.74, 6) is 2.17. The van der Waals surface area contributed by atoms with E-state index in [9.17, 15) is 12.6 Å². The van der Waals surface area contributed by atoms with Gasteiger partial charge in [0.15, 0.2) is 0 Å². The Labute approximate surface area is 191 Å². The van der Waals surface area contributed by atoms with Gasteiger partial charge < -0.3 is 4.90 Å². The molecule has 0 bridgehead atoms. The number of hydrogen-bond donors (Lipinski definition) is 1. The zero-order chi connectivity index (χ0) is 22.0. The van der Waals surface area contributed by atoms with Crippen molar-refractivity contribution in [2.45, 2.75) is 24.7 Å². The summed E-state index contributed by atoms with van der Waals surface area (Å²) in [5.41, 5.74) is 0.990. The van der Waals surface area contributed by atoms with Crippen LogP contribution in [0.4, 0.5) is 5.69 Å². The topological polar surface area (TPSA) is 66.5 Å². The lowest BCUT2D eigenvalue weighted by Gasteiger charge is -2.17. The molecule has 0 aromatic heterocycles. The number of benzene rings is 2. The van der Waals surface area contributed by atoms with Crippen LogP contribution in [0.15, 0.2) is 52.8 Å². The van der Waals surface area contributed by atoms with Gasteiger partial charge in [-0.25, -0.2) is 13.1 Å². The van der Waals surface area contributed by atoms with Crippen molar-refractivity contribution in [3.63, 3.8) is 0 Å². The molecule has 0 spiro atoms. The van der Waals surface area contributed by atoms with Gasteiger partial charge in [-0.2, -0.15) is 0 Å². The Morgan fingerprint density at radius 3 is 2.60 bits per heavy atom. The Hall–Kier alpha value is -1.00. The van der Waals surface area contributed by atoms with Crippen molar-refractivity contribution < 1.29 is 12.6 Å². The van der Waals surface area contributed by atoms with Crippen LogP contribution >= 0.6 is 21.6 Å². The molecule has 166 valence electrons. The maximum absolute atomic E-state index is 12.8. The molecule has 30 heavy (non-hydrogen) atoms. The SMILES string of the molecule is CCCS(=O)CC=CSSCCCNS(=O)(=O)c1cccc2c(N(C)C)cccc12. The third kappa shape index (κ3) is 7.60. The lowest BCUT2D eigenvalue weighted by Crippen LogP contribution is -2.25. The van der Waals surface area contributed by atoms with Crippen LogP contribution in [0.3, 0.4) is 0 Å². The van der Waals surface area contributed by atoms with Crippen LogP contribution in [0.1, 0.15) is 19.8 Å². The van der Waals surface area contributed by atoms with Gasteiger partial charge in [0.05, 0.1) is 4.90 Å². The minimum absolute atomic E-state index is 0.314. The minimum Gasteiger partial charge on any atom is -0.377 e. The summed E-state index contributed by atoms with van der Waals surface area (Å²) < 4.78 is 39.9. The molecule has 2 aromatic carbocycles. The quantitative estimate of drug-likeness (QED) is 0.329. The predicted molar refractivity (Wildman–Crippen MR) is 135 cm³/mol. The summed E-state index contributed by atoms with van der Waals surface area (Å²) >= 11 is 0. The summed E-state index contributed by atoms with van der Waals surface area (Å²) in [5, 5.41) is 3.61. The summed E-state index contributed by atoms with van der Waals surface area (Å²) in [6.45, 7) is 2.42. The van der Waals surface area contributed by atoms with Crippen molar-refractivity contribution in [1.29, 1.82) is 0 Å². The number of nitrogens with zero attached hydrogens (tertiary/aromatic N) is 1. The summed E-state index contributed by atoms with van der Waals surface area (Å²) in [4.78, 5) is 2.30. The van der Waals surface area contributed by atoms with Crippen LogP contribution in [0, 0.1) is 0 Å². The van der Waals surface area contributed by atoms with Crippen LogP contribution in [0.5, 0.6) is 0 Å². The molecule has 2 rings (SSSR count). The highest BCUT2D eigenvalue weighted by Crippen LogP contribution is 2.30. The van der Waals surface area contributed by atoms with Gasteiger partial charge in [0.25, 0.3) is 0 Å². The number of nitrogens with one attached hydrogen (secondary N) is 1. The van der Waals surface area contributed by atoms with E-state index in [1.165, 1.54) is 0 Å². The van der Waals surface area contributed by atoms with E-state index in [-0.39, 0.29) is 0 Å². The maximum atomic E-state index is 12.8. The predicted octanol–water partition coefficient (Wildman–Crippen LogP) is 4.63. The van der Waals surface area contributed by atoms with Crippen molar-refractivity contribution in [3.05, 3.63) is 47.9 Å². The highest BCUT2D eigenvalue weighted by atomic mass is 33.1. The minimum atomic E-state index is -3.58. The smallest absolute Gasteiger partial charge is 0.241 e. The van der Waals surface area contributed by atoms with E-state index in [4.69, 9.17) is 0 Å². The highest BCUT2D eigenvalue weighted by Gasteiger charge is 2.17. The van der Waals surface area contributed by atoms with Crippen molar-refractivity contribution in [2.75, 3.05) is 42.8 Å². The Morgan fingerprint density at radius 2 is 1.87 bits per heavy atom. The lowest BCUT2D eigenvalue weighted by molar-refractivity contribution is 0.582. The normalized spacial score (nSPS) is 13.2. The molecular formula is C21H30N2O3S4. The Kier molecular flexibility index (Phi) is 10.7. The van der Waals surface area contributed by atoms with Gasteiger partial charge in [-0.3, -0.25) is 4.21 Å². The maximum Gasteiger partial charge on any atom is 0.241 e. The van der Waals surface area contributed by atoms with Crippen LogP contribution in [-0.4, -0.2) is 50.5 Å². The van der Waals surface area contributed by atoms with Gasteiger partial charge in [-0.15, -0.1) is 0 Å². The van der Waals surface area contributed by atoms with E-state index < -0.39 is 20.8 Å². The van der Waals surface area contributed by atoms with Gasteiger partial charge in [-0.05, 0) is 30.4 Å². The molecule has 5 nitrogen and oxygen atoms in total. The fourth-order valence-electron chi connectivity index (χ4n) is 2.89. The van der Waals surface area contributed by atoms with Gasteiger partial charge >= 0.3 is 0 Å². The molecule has 0 amide bonds. The second kappa shape index (κ2) is 12.8. The van der Waals surface area contributed by atoms with E-state index in [1.807, 2.05) is 61.7 Å². The molecule has 0 saturated carbocycles. The number of hydrogen-bond acceptors (Lipinski definition) is 6. The first-order valence-corrected chi connectivity index (χ1v) is 15.2. The second-order valence-corrected chi connectivity index (χ2v) is 12.6. The average Bonchev–Trinajstić information content (AvgIpc) is 2.71. The summed E-state index contributed by atoms with van der Waals surface area (Å²) in [6, 6.07) is 11.1. The first kappa shape index (κ1) is 25.3. The fourth-order valence-corrected chi connectivity index (χ4v) is 6.96. The fraction of sp³-hybridized carbons (Fsp3) is 0.429. The molecule has 0 aliphatic rings. The number of sulfonamides is 1. The molecule has 1 unspecified atom stereocenters. The number of rotatable bonds is 13. The number of anilines is 1. The van der Waals surface area contributed by atoms with E-state index in [0.29, 0.717) is 17.2 Å². The molecule has 0 heterocycles. The largest absolute Gasteiger partial charge is 0.377 e. The van der Waals surface area contributed by atoms with Crippen molar-refractivity contribution in [1.82, 2.24) is 4.72 Å². The van der Waals surface area contributed by atoms with Crippen LogP contribution in [-0.2, 0) is 20.8 Å². The third-order valence-electron chi connectivity index (χ3n) is 4.26. The zero-order valence-electron chi connectivity index (χ0n) is 17.7. The average molecular weight is 487 g/mol. The molecule has 0 fully saturated rings. The standard InChI is InChI=1S/C21H30N2O3S4/c1-4-16-29(24)17-8-15-28-27-14-7-13-22-30(25,26)21-12-6-9-18-19(21)10-5-11-20(18)23(2)3/h5-6,8-12,15,22H,4,7,13-14,16-17H2,1-3H3. The van der Waals surface area contributed by atoms with Gasteiger partial charge in [0.2, 0.25) is 10.0 Å². The molecule has 2 aromatic rings. The molecule has 1 N–H and O–H groups in total. The monoisotopic (exact) mass is 486 g/mol. The Morgan fingerprint density at radius 1 is 1.13 bits per heavy atom. The van der Waals surface area contributed by atoms with Gasteiger partial charge in [0.1, 0.15) is 0 Å². The summed E-state index contributed by atoms with van der Waals surface area (Å²) in [6.07, 6.45) is 3.61. The molecule has 9 heteroatoms. The Bertz CT molecular complexity index is 975. The highest BCUT2D eigenvalue weighted by molar-refractivity contribution is 8.77. The molecule has 0 saturated heterocycles. The van der Waals surface area contributed by atoms with E-state index >= 15 is 0 Å². The van der Waals surface area contributed by atoms with Crippen molar-refractivity contribution in [3.8, 4) is 0 Å². The van der Waals surface area contributed by atoms with Gasteiger partial charge in [-0.1, -0.05) is 58.9 Å². The lowest BCUT2D eigenvalue weighted by atomic mass is 10.1. The first-order chi connectivity index (χ1) is 14.4. The van der Waals surface area contributed by atoms with Crippen LogP contribution in [0.25, 0.3) is 10.8 Å². The van der Waals surface area contributed by atoms with E-state index in [1.54, 1.807) is 33.7 Å².